The number of rotatable bonds is 4. The fourth-order valence-corrected chi connectivity index (χ4v) is 3.20. The van der Waals surface area contributed by atoms with Gasteiger partial charge in [0, 0.05) is 6.04 Å². The van der Waals surface area contributed by atoms with Crippen molar-refractivity contribution >= 4 is 17.3 Å². The van der Waals surface area contributed by atoms with Crippen LogP contribution >= 0.6 is 11.6 Å². The summed E-state index contributed by atoms with van der Waals surface area (Å²) in [5.74, 6) is 1.55. The third-order valence-electron chi connectivity index (χ3n) is 4.27. The first kappa shape index (κ1) is 14.3. The maximum atomic E-state index is 6.27. The number of anilines is 1. The smallest absolute Gasteiger partial charge is 0.119 e. The van der Waals surface area contributed by atoms with E-state index < -0.39 is 0 Å². The molecule has 1 aliphatic rings. The fourth-order valence-electron chi connectivity index (χ4n) is 2.92. The molecule has 2 aromatic carbocycles. The number of hydrogen-bond donors (Lipinski definition) is 1. The van der Waals surface area contributed by atoms with E-state index in [1.54, 1.807) is 7.11 Å². The molecule has 1 aliphatic carbocycles. The zero-order chi connectivity index (χ0) is 14.8. The van der Waals surface area contributed by atoms with Crippen molar-refractivity contribution in [2.24, 2.45) is 0 Å². The Balaban J connectivity index is 1.63. The molecule has 1 fully saturated rings. The van der Waals surface area contributed by atoms with Gasteiger partial charge in [0.15, 0.2) is 0 Å². The third kappa shape index (κ3) is 3.01. The van der Waals surface area contributed by atoms with E-state index in [2.05, 4.69) is 36.5 Å². The summed E-state index contributed by atoms with van der Waals surface area (Å²) >= 11 is 6.27. The van der Waals surface area contributed by atoms with Gasteiger partial charge in [0.05, 0.1) is 17.8 Å². The molecule has 0 aromatic heterocycles. The Bertz CT molecular complexity index is 615. The summed E-state index contributed by atoms with van der Waals surface area (Å²) in [6, 6.07) is 14.9. The summed E-state index contributed by atoms with van der Waals surface area (Å²) < 4.78 is 5.29. The molecule has 110 valence electrons. The van der Waals surface area contributed by atoms with Gasteiger partial charge in [-0.3, -0.25) is 0 Å². The van der Waals surface area contributed by atoms with E-state index in [1.165, 1.54) is 11.1 Å². The highest BCUT2D eigenvalue weighted by Gasteiger charge is 2.30. The molecule has 21 heavy (non-hydrogen) atoms. The molecule has 0 bridgehead atoms. The number of aryl methyl sites for hydroxylation is 1. The summed E-state index contributed by atoms with van der Waals surface area (Å²) in [6.45, 7) is 2.09. The normalized spacial score (nSPS) is 20.7. The summed E-state index contributed by atoms with van der Waals surface area (Å²) in [5, 5.41) is 4.39. The lowest BCUT2D eigenvalue weighted by atomic mass is 9.75. The van der Waals surface area contributed by atoms with Crippen molar-refractivity contribution in [2.45, 2.75) is 31.7 Å². The molecule has 3 rings (SSSR count). The van der Waals surface area contributed by atoms with Gasteiger partial charge in [0.1, 0.15) is 5.75 Å². The molecule has 2 aromatic rings. The quantitative estimate of drug-likeness (QED) is 0.856. The number of benzene rings is 2. The summed E-state index contributed by atoms with van der Waals surface area (Å²) in [6.07, 6.45) is 2.27. The number of methoxy groups -OCH3 is 1. The molecule has 3 heteroatoms. The Labute approximate surface area is 131 Å². The van der Waals surface area contributed by atoms with Gasteiger partial charge in [0.2, 0.25) is 0 Å². The average molecular weight is 302 g/mol. The molecule has 0 amide bonds. The van der Waals surface area contributed by atoms with Crippen molar-refractivity contribution in [3.8, 4) is 5.75 Å². The number of para-hydroxylation sites is 1. The van der Waals surface area contributed by atoms with Gasteiger partial charge in [-0.2, -0.15) is 0 Å². The second-order valence-corrected chi connectivity index (χ2v) is 6.13. The minimum Gasteiger partial charge on any atom is -0.497 e. The van der Waals surface area contributed by atoms with E-state index in [0.29, 0.717) is 12.0 Å². The SMILES string of the molecule is COc1cccc(C2CC(Nc3c(C)cccc3Cl)C2)c1. The molecule has 1 N–H and O–H groups in total. The lowest BCUT2D eigenvalue weighted by Crippen LogP contribution is -2.34. The number of nitrogens with one attached hydrogen (secondary N) is 1. The van der Waals surface area contributed by atoms with Gasteiger partial charge < -0.3 is 10.1 Å². The number of hydrogen-bond acceptors (Lipinski definition) is 2. The van der Waals surface area contributed by atoms with Crippen molar-refractivity contribution in [3.05, 3.63) is 58.6 Å². The van der Waals surface area contributed by atoms with E-state index >= 15 is 0 Å². The Kier molecular flexibility index (Phi) is 4.07. The zero-order valence-corrected chi connectivity index (χ0v) is 13.2. The van der Waals surface area contributed by atoms with Crippen molar-refractivity contribution in [1.29, 1.82) is 0 Å². The topological polar surface area (TPSA) is 21.3 Å². The van der Waals surface area contributed by atoms with Crippen LogP contribution in [0.5, 0.6) is 5.75 Å². The van der Waals surface area contributed by atoms with Crippen LogP contribution in [0.1, 0.15) is 29.9 Å². The zero-order valence-electron chi connectivity index (χ0n) is 12.4. The third-order valence-corrected chi connectivity index (χ3v) is 4.59. The molecule has 0 unspecified atom stereocenters. The van der Waals surface area contributed by atoms with Crippen molar-refractivity contribution < 1.29 is 4.74 Å². The first-order chi connectivity index (χ1) is 10.2. The largest absolute Gasteiger partial charge is 0.497 e. The summed E-state index contributed by atoms with van der Waals surface area (Å²) in [7, 11) is 1.71. The van der Waals surface area contributed by atoms with Crippen molar-refractivity contribution in [1.82, 2.24) is 0 Å². The highest BCUT2D eigenvalue weighted by molar-refractivity contribution is 6.33. The second-order valence-electron chi connectivity index (χ2n) is 5.72. The Morgan fingerprint density at radius 3 is 2.62 bits per heavy atom. The van der Waals surface area contributed by atoms with Crippen LogP contribution in [-0.2, 0) is 0 Å². The van der Waals surface area contributed by atoms with Gasteiger partial charge >= 0.3 is 0 Å². The van der Waals surface area contributed by atoms with E-state index in [1.807, 2.05) is 18.2 Å². The Morgan fingerprint density at radius 2 is 1.90 bits per heavy atom. The fraction of sp³-hybridized carbons (Fsp3) is 0.333. The molecule has 1 saturated carbocycles. The minimum absolute atomic E-state index is 0.500. The van der Waals surface area contributed by atoms with Crippen LogP contribution in [0.3, 0.4) is 0 Å². The molecule has 0 atom stereocenters. The van der Waals surface area contributed by atoms with Gasteiger partial charge in [0.25, 0.3) is 0 Å². The maximum Gasteiger partial charge on any atom is 0.119 e. The molecule has 0 radical (unpaired) electrons. The van der Waals surface area contributed by atoms with Crippen LogP contribution in [0, 0.1) is 6.92 Å². The van der Waals surface area contributed by atoms with E-state index in [0.717, 1.165) is 29.3 Å². The maximum absolute atomic E-state index is 6.27. The van der Waals surface area contributed by atoms with Crippen molar-refractivity contribution in [3.63, 3.8) is 0 Å². The van der Waals surface area contributed by atoms with E-state index in [4.69, 9.17) is 16.3 Å². The molecule has 0 heterocycles. The number of ether oxygens (including phenoxy) is 1. The predicted molar refractivity (Wildman–Crippen MR) is 88.6 cm³/mol. The van der Waals surface area contributed by atoms with E-state index in [9.17, 15) is 0 Å². The lowest BCUT2D eigenvalue weighted by molar-refractivity contribution is 0.370. The van der Waals surface area contributed by atoms with Crippen molar-refractivity contribution in [2.75, 3.05) is 12.4 Å². The highest BCUT2D eigenvalue weighted by Crippen LogP contribution is 2.40. The summed E-state index contributed by atoms with van der Waals surface area (Å²) in [4.78, 5) is 0. The molecule has 0 saturated heterocycles. The van der Waals surface area contributed by atoms with Crippen LogP contribution in [0.4, 0.5) is 5.69 Å². The minimum atomic E-state index is 0.500. The van der Waals surface area contributed by atoms with Gasteiger partial charge in [-0.1, -0.05) is 35.9 Å². The molecular weight excluding hydrogens is 282 g/mol. The van der Waals surface area contributed by atoms with Gasteiger partial charge in [-0.05, 0) is 55.0 Å². The Hall–Kier alpha value is -1.67. The van der Waals surface area contributed by atoms with Crippen LogP contribution in [-0.4, -0.2) is 13.2 Å². The van der Waals surface area contributed by atoms with Gasteiger partial charge in [-0.25, -0.2) is 0 Å². The molecular formula is C18H20ClNO. The molecule has 2 nitrogen and oxygen atoms in total. The van der Waals surface area contributed by atoms with Crippen LogP contribution in [0.2, 0.25) is 5.02 Å². The summed E-state index contributed by atoms with van der Waals surface area (Å²) in [5.41, 5.74) is 3.64. The predicted octanol–water partition coefficient (Wildman–Crippen LogP) is 5.02. The first-order valence-electron chi connectivity index (χ1n) is 7.33. The van der Waals surface area contributed by atoms with Crippen LogP contribution in [0.25, 0.3) is 0 Å². The lowest BCUT2D eigenvalue weighted by Gasteiger charge is -2.37. The van der Waals surface area contributed by atoms with Gasteiger partial charge in [-0.15, -0.1) is 0 Å². The number of halogens is 1. The first-order valence-corrected chi connectivity index (χ1v) is 7.71. The standard InChI is InChI=1S/C18H20ClNO/c1-12-5-3-8-17(19)18(12)20-15-9-14(10-15)13-6-4-7-16(11-13)21-2/h3-8,11,14-15,20H,9-10H2,1-2H3. The molecule has 0 aliphatic heterocycles. The van der Waals surface area contributed by atoms with E-state index in [-0.39, 0.29) is 0 Å². The Morgan fingerprint density at radius 1 is 1.14 bits per heavy atom. The monoisotopic (exact) mass is 301 g/mol. The second kappa shape index (κ2) is 5.98. The van der Waals surface area contributed by atoms with Crippen LogP contribution in [0.15, 0.2) is 42.5 Å². The molecule has 0 spiro atoms. The average Bonchev–Trinajstić information content (AvgIpc) is 2.45. The van der Waals surface area contributed by atoms with Crippen LogP contribution < -0.4 is 10.1 Å². The highest BCUT2D eigenvalue weighted by atomic mass is 35.5.